The molecule has 0 bridgehead atoms. The smallest absolute Gasteiger partial charge is 0.407 e. The van der Waals surface area contributed by atoms with Gasteiger partial charge in [0.15, 0.2) is 0 Å². The molecule has 0 fully saturated rings. The van der Waals surface area contributed by atoms with E-state index < -0.39 is 29.7 Å². The number of benzene rings is 1. The molecule has 29 heavy (non-hydrogen) atoms. The zero-order chi connectivity index (χ0) is 21.6. The normalized spacial score (nSPS) is 12.1. The van der Waals surface area contributed by atoms with Crippen LogP contribution in [0.15, 0.2) is 41.1 Å². The van der Waals surface area contributed by atoms with Gasteiger partial charge < -0.3 is 20.5 Å². The number of esters is 1. The predicted molar refractivity (Wildman–Crippen MR) is 108 cm³/mol. The molecule has 1 atom stereocenters. The summed E-state index contributed by atoms with van der Waals surface area (Å²) in [5.41, 5.74) is 5.41. The number of nitrogens with one attached hydrogen (secondary N) is 1. The summed E-state index contributed by atoms with van der Waals surface area (Å²) in [6.07, 6.45) is 1.01. The van der Waals surface area contributed by atoms with E-state index in [4.69, 9.17) is 15.2 Å². The number of ether oxygens (including phenoxy) is 2. The van der Waals surface area contributed by atoms with Gasteiger partial charge in [0.05, 0.1) is 18.3 Å². The first-order valence-corrected chi connectivity index (χ1v) is 9.59. The van der Waals surface area contributed by atoms with E-state index in [0.717, 1.165) is 4.47 Å². The van der Waals surface area contributed by atoms with Crippen molar-refractivity contribution >= 4 is 33.9 Å². The lowest BCUT2D eigenvalue weighted by molar-refractivity contribution is -0.127. The quantitative estimate of drug-likeness (QED) is 0.603. The van der Waals surface area contributed by atoms with Crippen LogP contribution in [-0.2, 0) is 20.8 Å². The Morgan fingerprint density at radius 2 is 2.03 bits per heavy atom. The van der Waals surface area contributed by atoms with Crippen molar-refractivity contribution < 1.29 is 23.9 Å². The molecule has 0 saturated heterocycles. The van der Waals surface area contributed by atoms with Crippen LogP contribution in [-0.4, -0.2) is 39.9 Å². The second-order valence-corrected chi connectivity index (χ2v) is 8.08. The first-order valence-electron chi connectivity index (χ1n) is 8.80. The zero-order valence-corrected chi connectivity index (χ0v) is 17.9. The van der Waals surface area contributed by atoms with Gasteiger partial charge in [-0.05, 0) is 32.9 Å². The summed E-state index contributed by atoms with van der Waals surface area (Å²) in [6.45, 7) is 5.88. The van der Waals surface area contributed by atoms with Gasteiger partial charge in [0.25, 0.3) is 5.91 Å². The van der Waals surface area contributed by atoms with E-state index in [9.17, 15) is 14.4 Å². The van der Waals surface area contributed by atoms with Crippen LogP contribution in [0.25, 0.3) is 0 Å². The Hall–Kier alpha value is -2.88. The van der Waals surface area contributed by atoms with E-state index in [-0.39, 0.29) is 12.1 Å². The van der Waals surface area contributed by atoms with Crippen molar-refractivity contribution in [3.05, 3.63) is 52.3 Å². The Labute approximate surface area is 176 Å². The Kier molecular flexibility index (Phi) is 7.38. The van der Waals surface area contributed by atoms with E-state index in [1.807, 2.05) is 0 Å². The molecular formula is C19H23BrN4O5. The molecule has 0 aliphatic carbocycles. The Balaban J connectivity index is 1.94. The van der Waals surface area contributed by atoms with Gasteiger partial charge in [-0.3, -0.25) is 9.48 Å². The number of hydrogen-bond acceptors (Lipinski definition) is 6. The van der Waals surface area contributed by atoms with Crippen molar-refractivity contribution in [1.29, 1.82) is 0 Å². The molecule has 0 saturated carbocycles. The van der Waals surface area contributed by atoms with E-state index in [0.29, 0.717) is 12.1 Å². The van der Waals surface area contributed by atoms with Crippen LogP contribution in [0.1, 0.15) is 42.8 Å². The molecule has 0 radical (unpaired) electrons. The predicted octanol–water partition coefficient (Wildman–Crippen LogP) is 2.55. The second-order valence-electron chi connectivity index (χ2n) is 7.16. The van der Waals surface area contributed by atoms with E-state index >= 15 is 0 Å². The Morgan fingerprint density at radius 1 is 1.31 bits per heavy atom. The molecule has 2 amide bonds. The molecule has 156 valence electrons. The first kappa shape index (κ1) is 22.4. The van der Waals surface area contributed by atoms with E-state index in [1.54, 1.807) is 45.0 Å². The van der Waals surface area contributed by atoms with Crippen LogP contribution in [0.3, 0.4) is 0 Å². The number of hydrogen-bond donors (Lipinski definition) is 2. The fourth-order valence-corrected chi connectivity index (χ4v) is 2.73. The lowest BCUT2D eigenvalue weighted by atomic mass is 10.1. The summed E-state index contributed by atoms with van der Waals surface area (Å²) < 4.78 is 12.6. The third-order valence-electron chi connectivity index (χ3n) is 3.51. The van der Waals surface area contributed by atoms with Crippen molar-refractivity contribution in [3.63, 3.8) is 0 Å². The van der Waals surface area contributed by atoms with Gasteiger partial charge in [-0.15, -0.1) is 0 Å². The minimum atomic E-state index is -1.22. The summed E-state index contributed by atoms with van der Waals surface area (Å²) in [5, 5.41) is 6.64. The molecule has 1 aromatic carbocycles. The summed E-state index contributed by atoms with van der Waals surface area (Å²) in [7, 11) is 0. The molecule has 3 N–H and O–H groups in total. The molecule has 1 aromatic heterocycles. The molecule has 2 aromatic rings. The maximum absolute atomic E-state index is 12.4. The summed E-state index contributed by atoms with van der Waals surface area (Å²) in [6, 6.07) is 6.77. The number of primary amides is 1. The van der Waals surface area contributed by atoms with Crippen LogP contribution >= 0.6 is 15.9 Å². The van der Waals surface area contributed by atoms with Gasteiger partial charge >= 0.3 is 12.1 Å². The summed E-state index contributed by atoms with van der Waals surface area (Å²) >= 11 is 3.30. The number of halogens is 1. The Bertz CT molecular complexity index is 891. The van der Waals surface area contributed by atoms with Crippen LogP contribution < -0.4 is 11.1 Å². The van der Waals surface area contributed by atoms with Crippen LogP contribution in [0.2, 0.25) is 0 Å². The van der Waals surface area contributed by atoms with E-state index in [2.05, 4.69) is 26.3 Å². The number of amides is 2. The van der Waals surface area contributed by atoms with Gasteiger partial charge in [0.1, 0.15) is 5.60 Å². The highest BCUT2D eigenvalue weighted by Gasteiger charge is 2.24. The lowest BCUT2D eigenvalue weighted by Crippen LogP contribution is -2.34. The highest BCUT2D eigenvalue weighted by atomic mass is 79.9. The topological polar surface area (TPSA) is 126 Å². The third-order valence-corrected chi connectivity index (χ3v) is 4.01. The SMILES string of the molecule is CC(C)(C)OC(=O)NCCn1cc(C(=O)OC(C(N)=O)c2cccc(Br)c2)cn1. The van der Waals surface area contributed by atoms with E-state index in [1.165, 1.54) is 17.1 Å². The molecule has 0 spiro atoms. The number of nitrogens with two attached hydrogens (primary N) is 1. The van der Waals surface area contributed by atoms with Crippen molar-refractivity contribution in [1.82, 2.24) is 15.1 Å². The molecular weight excluding hydrogens is 444 g/mol. The first-order chi connectivity index (χ1) is 13.5. The summed E-state index contributed by atoms with van der Waals surface area (Å²) in [4.78, 5) is 35.8. The van der Waals surface area contributed by atoms with Crippen LogP contribution in [0, 0.1) is 0 Å². The number of rotatable bonds is 7. The molecule has 1 heterocycles. The molecule has 1 unspecified atom stereocenters. The minimum absolute atomic E-state index is 0.156. The number of nitrogens with zero attached hydrogens (tertiary/aromatic N) is 2. The second kappa shape index (κ2) is 9.55. The fraction of sp³-hybridized carbons (Fsp3) is 0.368. The van der Waals surface area contributed by atoms with Gasteiger partial charge in [0, 0.05) is 22.8 Å². The maximum Gasteiger partial charge on any atom is 0.407 e. The van der Waals surface area contributed by atoms with Crippen LogP contribution in [0.4, 0.5) is 4.79 Å². The Morgan fingerprint density at radius 3 is 2.66 bits per heavy atom. The number of carbonyl (C=O) groups is 3. The molecule has 0 aliphatic heterocycles. The maximum atomic E-state index is 12.4. The molecule has 10 heteroatoms. The third kappa shape index (κ3) is 7.22. The summed E-state index contributed by atoms with van der Waals surface area (Å²) in [5.74, 6) is -1.52. The highest BCUT2D eigenvalue weighted by Crippen LogP contribution is 2.22. The van der Waals surface area contributed by atoms with Crippen LogP contribution in [0.5, 0.6) is 0 Å². The zero-order valence-electron chi connectivity index (χ0n) is 16.3. The van der Waals surface area contributed by atoms with Crippen molar-refractivity contribution in [2.75, 3.05) is 6.54 Å². The van der Waals surface area contributed by atoms with Gasteiger partial charge in [-0.2, -0.15) is 5.10 Å². The number of carbonyl (C=O) groups excluding carboxylic acids is 3. The van der Waals surface area contributed by atoms with Gasteiger partial charge in [0.2, 0.25) is 6.10 Å². The van der Waals surface area contributed by atoms with Crippen molar-refractivity contribution in [3.8, 4) is 0 Å². The average Bonchev–Trinajstić information content (AvgIpc) is 3.06. The molecule has 0 aliphatic rings. The number of aromatic nitrogens is 2. The van der Waals surface area contributed by atoms with Gasteiger partial charge in [-0.25, -0.2) is 9.59 Å². The van der Waals surface area contributed by atoms with Crippen molar-refractivity contribution in [2.45, 2.75) is 39.0 Å². The standard InChI is InChI=1S/C19H23BrN4O5/c1-19(2,3)29-18(27)22-7-8-24-11-13(10-23-24)17(26)28-15(16(21)25)12-5-4-6-14(20)9-12/h4-6,9-11,15H,7-8H2,1-3H3,(H2,21,25)(H,22,27). The minimum Gasteiger partial charge on any atom is -0.444 e. The highest BCUT2D eigenvalue weighted by molar-refractivity contribution is 9.10. The number of alkyl carbamates (subject to hydrolysis) is 1. The van der Waals surface area contributed by atoms with Gasteiger partial charge in [-0.1, -0.05) is 28.1 Å². The molecule has 2 rings (SSSR count). The lowest BCUT2D eigenvalue weighted by Gasteiger charge is -2.19. The average molecular weight is 467 g/mol. The van der Waals surface area contributed by atoms with Crippen molar-refractivity contribution in [2.24, 2.45) is 5.73 Å². The monoisotopic (exact) mass is 466 g/mol. The largest absolute Gasteiger partial charge is 0.444 e. The molecule has 9 nitrogen and oxygen atoms in total. The fourth-order valence-electron chi connectivity index (χ4n) is 2.31.